The summed E-state index contributed by atoms with van der Waals surface area (Å²) >= 11 is 3.39. The molecule has 0 unspecified atom stereocenters. The predicted molar refractivity (Wildman–Crippen MR) is 84.1 cm³/mol. The zero-order chi connectivity index (χ0) is 14.9. The van der Waals surface area contributed by atoms with Crippen LogP contribution in [-0.4, -0.2) is 11.0 Å². The third-order valence-corrected chi connectivity index (χ3v) is 3.73. The van der Waals surface area contributed by atoms with Crippen molar-refractivity contribution in [1.82, 2.24) is 0 Å². The molecule has 0 atom stereocenters. The van der Waals surface area contributed by atoms with E-state index in [2.05, 4.69) is 21.2 Å². The molecule has 0 bridgehead atoms. The lowest BCUT2D eigenvalue weighted by molar-refractivity contribution is 0.102. The first-order valence-corrected chi connectivity index (χ1v) is 6.84. The highest BCUT2D eigenvalue weighted by Crippen LogP contribution is 2.28. The second kappa shape index (κ2) is 5.54. The molecule has 1 amide bonds. The average molecular weight is 335 g/mol. The number of aromatic hydroxyl groups is 1. The summed E-state index contributed by atoms with van der Waals surface area (Å²) < 4.78 is 0.758. The van der Waals surface area contributed by atoms with Crippen LogP contribution in [0, 0.1) is 13.8 Å². The standard InChI is InChI=1S/C15H15BrN2O2/c1-8-3-4-10(6-14(8)19)15(20)18-13-7-12(17)9(2)5-11(13)16/h3-7,19H,17H2,1-2H3,(H,18,20). The van der Waals surface area contributed by atoms with Crippen LogP contribution in [0.3, 0.4) is 0 Å². The van der Waals surface area contributed by atoms with Gasteiger partial charge in [-0.2, -0.15) is 0 Å². The summed E-state index contributed by atoms with van der Waals surface area (Å²) in [5, 5.41) is 12.4. The van der Waals surface area contributed by atoms with Crippen molar-refractivity contribution in [1.29, 1.82) is 0 Å². The molecule has 104 valence electrons. The summed E-state index contributed by atoms with van der Waals surface area (Å²) in [5.41, 5.74) is 9.08. The summed E-state index contributed by atoms with van der Waals surface area (Å²) in [6.07, 6.45) is 0. The van der Waals surface area contributed by atoms with Gasteiger partial charge in [-0.25, -0.2) is 0 Å². The highest BCUT2D eigenvalue weighted by atomic mass is 79.9. The third-order valence-electron chi connectivity index (χ3n) is 3.08. The van der Waals surface area contributed by atoms with Crippen LogP contribution in [0.25, 0.3) is 0 Å². The maximum absolute atomic E-state index is 12.1. The number of hydrogen-bond acceptors (Lipinski definition) is 3. The topological polar surface area (TPSA) is 75.3 Å². The molecule has 0 heterocycles. The monoisotopic (exact) mass is 334 g/mol. The number of rotatable bonds is 2. The number of carbonyl (C=O) groups excluding carboxylic acids is 1. The highest BCUT2D eigenvalue weighted by Gasteiger charge is 2.11. The normalized spacial score (nSPS) is 10.3. The number of anilines is 2. The number of phenols is 1. The molecular formula is C15H15BrN2O2. The minimum absolute atomic E-state index is 0.0973. The van der Waals surface area contributed by atoms with E-state index in [0.717, 1.165) is 15.6 Å². The van der Waals surface area contributed by atoms with Crippen LogP contribution in [0.2, 0.25) is 0 Å². The van der Waals surface area contributed by atoms with Crippen LogP contribution in [0.4, 0.5) is 11.4 Å². The van der Waals surface area contributed by atoms with Gasteiger partial charge in [0.05, 0.1) is 5.69 Å². The first-order chi connectivity index (χ1) is 9.38. The molecular weight excluding hydrogens is 320 g/mol. The number of nitrogen functional groups attached to an aromatic ring is 1. The Morgan fingerprint density at radius 1 is 1.20 bits per heavy atom. The molecule has 0 saturated carbocycles. The van der Waals surface area contributed by atoms with Crippen molar-refractivity contribution in [3.8, 4) is 5.75 Å². The van der Waals surface area contributed by atoms with Crippen LogP contribution in [-0.2, 0) is 0 Å². The van der Waals surface area contributed by atoms with Gasteiger partial charge in [-0.05, 0) is 65.2 Å². The van der Waals surface area contributed by atoms with E-state index in [-0.39, 0.29) is 11.7 Å². The Kier molecular flexibility index (Phi) is 3.99. The predicted octanol–water partition coefficient (Wildman–Crippen LogP) is 3.61. The number of benzene rings is 2. The molecule has 0 fully saturated rings. The third kappa shape index (κ3) is 2.93. The Balaban J connectivity index is 2.27. The van der Waals surface area contributed by atoms with Gasteiger partial charge in [-0.3, -0.25) is 4.79 Å². The second-order valence-electron chi connectivity index (χ2n) is 4.64. The number of halogens is 1. The number of hydrogen-bond donors (Lipinski definition) is 3. The van der Waals surface area contributed by atoms with Gasteiger partial charge in [0.2, 0.25) is 0 Å². The van der Waals surface area contributed by atoms with E-state index < -0.39 is 0 Å². The Bertz CT molecular complexity index is 684. The van der Waals surface area contributed by atoms with Crippen molar-refractivity contribution in [2.75, 3.05) is 11.1 Å². The van der Waals surface area contributed by atoms with E-state index in [1.807, 2.05) is 13.0 Å². The fraction of sp³-hybridized carbons (Fsp3) is 0.133. The smallest absolute Gasteiger partial charge is 0.255 e. The molecule has 0 aliphatic heterocycles. The van der Waals surface area contributed by atoms with E-state index >= 15 is 0 Å². The lowest BCUT2D eigenvalue weighted by atomic mass is 10.1. The van der Waals surface area contributed by atoms with E-state index in [0.29, 0.717) is 16.9 Å². The van der Waals surface area contributed by atoms with E-state index in [1.165, 1.54) is 6.07 Å². The van der Waals surface area contributed by atoms with Crippen molar-refractivity contribution in [3.05, 3.63) is 51.5 Å². The number of nitrogens with one attached hydrogen (secondary N) is 1. The van der Waals surface area contributed by atoms with Crippen LogP contribution >= 0.6 is 15.9 Å². The molecule has 4 N–H and O–H groups in total. The average Bonchev–Trinajstić information content (AvgIpc) is 2.39. The van der Waals surface area contributed by atoms with Crippen molar-refractivity contribution >= 4 is 33.2 Å². The largest absolute Gasteiger partial charge is 0.508 e. The van der Waals surface area contributed by atoms with Crippen molar-refractivity contribution in [3.63, 3.8) is 0 Å². The van der Waals surface area contributed by atoms with Gasteiger partial charge in [0, 0.05) is 15.7 Å². The quantitative estimate of drug-likeness (QED) is 0.734. The molecule has 2 aromatic rings. The number of amides is 1. The molecule has 0 radical (unpaired) electrons. The molecule has 5 heteroatoms. The highest BCUT2D eigenvalue weighted by molar-refractivity contribution is 9.10. The van der Waals surface area contributed by atoms with Crippen LogP contribution in [0.5, 0.6) is 5.75 Å². The van der Waals surface area contributed by atoms with Crippen LogP contribution in [0.15, 0.2) is 34.8 Å². The van der Waals surface area contributed by atoms with Crippen molar-refractivity contribution < 1.29 is 9.90 Å². The summed E-state index contributed by atoms with van der Waals surface area (Å²) in [7, 11) is 0. The Morgan fingerprint density at radius 3 is 2.55 bits per heavy atom. The number of nitrogens with two attached hydrogens (primary N) is 1. The molecule has 0 saturated heterocycles. The van der Waals surface area contributed by atoms with Gasteiger partial charge >= 0.3 is 0 Å². The lowest BCUT2D eigenvalue weighted by Crippen LogP contribution is -2.12. The first-order valence-electron chi connectivity index (χ1n) is 6.05. The van der Waals surface area contributed by atoms with Crippen molar-refractivity contribution in [2.24, 2.45) is 0 Å². The number of carbonyl (C=O) groups is 1. The lowest BCUT2D eigenvalue weighted by Gasteiger charge is -2.11. The summed E-state index contributed by atoms with van der Waals surface area (Å²) in [5.74, 6) is -0.204. The van der Waals surface area contributed by atoms with E-state index in [1.54, 1.807) is 25.1 Å². The molecule has 2 aromatic carbocycles. The maximum Gasteiger partial charge on any atom is 0.255 e. The van der Waals surface area contributed by atoms with Gasteiger partial charge in [0.15, 0.2) is 0 Å². The van der Waals surface area contributed by atoms with Gasteiger partial charge in [0.1, 0.15) is 5.75 Å². The van der Waals surface area contributed by atoms with E-state index in [4.69, 9.17) is 5.73 Å². The fourth-order valence-corrected chi connectivity index (χ4v) is 2.29. The van der Waals surface area contributed by atoms with Crippen LogP contribution in [0.1, 0.15) is 21.5 Å². The summed E-state index contributed by atoms with van der Waals surface area (Å²) in [6.45, 7) is 3.66. The van der Waals surface area contributed by atoms with Gasteiger partial charge in [-0.15, -0.1) is 0 Å². The van der Waals surface area contributed by atoms with E-state index in [9.17, 15) is 9.90 Å². The Hall–Kier alpha value is -2.01. The van der Waals surface area contributed by atoms with Gasteiger partial charge < -0.3 is 16.2 Å². The fourth-order valence-electron chi connectivity index (χ4n) is 1.73. The number of aryl methyl sites for hydroxylation is 2. The molecule has 0 spiro atoms. The summed E-state index contributed by atoms with van der Waals surface area (Å²) in [4.78, 5) is 12.1. The zero-order valence-electron chi connectivity index (χ0n) is 11.2. The Morgan fingerprint density at radius 2 is 1.90 bits per heavy atom. The SMILES string of the molecule is Cc1cc(Br)c(NC(=O)c2ccc(C)c(O)c2)cc1N. The minimum atomic E-state index is -0.302. The molecule has 0 aromatic heterocycles. The number of phenolic OH excluding ortho intramolecular Hbond substituents is 1. The molecule has 0 aliphatic carbocycles. The zero-order valence-corrected chi connectivity index (χ0v) is 12.8. The van der Waals surface area contributed by atoms with Gasteiger partial charge in [0.25, 0.3) is 5.91 Å². The van der Waals surface area contributed by atoms with Crippen molar-refractivity contribution in [2.45, 2.75) is 13.8 Å². The van der Waals surface area contributed by atoms with Crippen LogP contribution < -0.4 is 11.1 Å². The molecule has 20 heavy (non-hydrogen) atoms. The molecule has 0 aliphatic rings. The molecule has 4 nitrogen and oxygen atoms in total. The minimum Gasteiger partial charge on any atom is -0.508 e. The molecule has 2 rings (SSSR count). The second-order valence-corrected chi connectivity index (χ2v) is 5.50. The maximum atomic E-state index is 12.1. The summed E-state index contributed by atoms with van der Waals surface area (Å²) in [6, 6.07) is 8.34. The first kappa shape index (κ1) is 14.4. The van der Waals surface area contributed by atoms with Gasteiger partial charge in [-0.1, -0.05) is 6.07 Å². The Labute approximate surface area is 125 Å².